The molecule has 1 heterocycles. The van der Waals surface area contributed by atoms with Crippen molar-refractivity contribution in [3.05, 3.63) is 48.0 Å². The van der Waals surface area contributed by atoms with Crippen LogP contribution < -0.4 is 19.7 Å². The van der Waals surface area contributed by atoms with Crippen LogP contribution in [0.4, 0.5) is 11.4 Å². The summed E-state index contributed by atoms with van der Waals surface area (Å²) in [7, 11) is 1.54. The topological polar surface area (TPSA) is 105 Å². The fourth-order valence-electron chi connectivity index (χ4n) is 3.15. The van der Waals surface area contributed by atoms with E-state index in [4.69, 9.17) is 14.6 Å². The molecular weight excluding hydrogens is 376 g/mol. The molecule has 8 nitrogen and oxygen atoms in total. The zero-order valence-corrected chi connectivity index (χ0v) is 16.2. The van der Waals surface area contributed by atoms with E-state index in [9.17, 15) is 14.4 Å². The van der Waals surface area contributed by atoms with E-state index in [-0.39, 0.29) is 24.8 Å². The number of aryl methyl sites for hydroxylation is 1. The van der Waals surface area contributed by atoms with Gasteiger partial charge in [-0.2, -0.15) is 0 Å². The lowest BCUT2D eigenvalue weighted by atomic mass is 10.1. The highest BCUT2D eigenvalue weighted by Gasteiger charge is 2.36. The van der Waals surface area contributed by atoms with Crippen LogP contribution in [-0.2, 0) is 14.4 Å². The molecule has 2 aromatic carbocycles. The number of nitrogens with one attached hydrogen (secondary N) is 1. The van der Waals surface area contributed by atoms with Crippen LogP contribution in [0.15, 0.2) is 42.5 Å². The summed E-state index contributed by atoms with van der Waals surface area (Å²) in [5, 5.41) is 11.4. The summed E-state index contributed by atoms with van der Waals surface area (Å²) in [6, 6.07) is 12.0. The number of amides is 2. The molecule has 2 N–H and O–H groups in total. The molecule has 2 amide bonds. The van der Waals surface area contributed by atoms with Crippen LogP contribution in [0.3, 0.4) is 0 Å². The number of carboxylic acid groups (broad SMARTS) is 1. The predicted octanol–water partition coefficient (Wildman–Crippen LogP) is 2.46. The third-order valence-corrected chi connectivity index (χ3v) is 4.61. The summed E-state index contributed by atoms with van der Waals surface area (Å²) in [6.07, 6.45) is 0.114. The van der Waals surface area contributed by atoms with Crippen molar-refractivity contribution in [3.8, 4) is 11.5 Å². The SMILES string of the molecule is COc1ccc(C)cc1N1CC(C(=O)Nc2ccc(OCC(=O)O)cc2)CC1=O. The van der Waals surface area contributed by atoms with Gasteiger partial charge in [0, 0.05) is 18.7 Å². The maximum atomic E-state index is 12.6. The molecule has 3 rings (SSSR count). The van der Waals surface area contributed by atoms with Gasteiger partial charge in [-0.05, 0) is 48.9 Å². The number of carboxylic acids is 1. The average Bonchev–Trinajstić information content (AvgIpc) is 3.09. The Balaban J connectivity index is 1.65. The van der Waals surface area contributed by atoms with Crippen molar-refractivity contribution in [1.82, 2.24) is 0 Å². The van der Waals surface area contributed by atoms with Crippen molar-refractivity contribution in [1.29, 1.82) is 0 Å². The van der Waals surface area contributed by atoms with Gasteiger partial charge in [0.1, 0.15) is 11.5 Å². The lowest BCUT2D eigenvalue weighted by molar-refractivity contribution is -0.139. The van der Waals surface area contributed by atoms with Crippen molar-refractivity contribution >= 4 is 29.2 Å². The Morgan fingerprint density at radius 3 is 2.59 bits per heavy atom. The zero-order chi connectivity index (χ0) is 21.0. The first-order chi connectivity index (χ1) is 13.9. The van der Waals surface area contributed by atoms with Crippen molar-refractivity contribution in [2.24, 2.45) is 5.92 Å². The number of aliphatic carboxylic acids is 1. The summed E-state index contributed by atoms with van der Waals surface area (Å²) in [4.78, 5) is 37.3. The normalized spacial score (nSPS) is 15.9. The largest absolute Gasteiger partial charge is 0.495 e. The maximum Gasteiger partial charge on any atom is 0.341 e. The number of carbonyl (C=O) groups is 3. The van der Waals surface area contributed by atoms with E-state index < -0.39 is 18.5 Å². The van der Waals surface area contributed by atoms with Gasteiger partial charge in [-0.25, -0.2) is 4.79 Å². The number of benzene rings is 2. The van der Waals surface area contributed by atoms with E-state index >= 15 is 0 Å². The third kappa shape index (κ3) is 4.84. The minimum Gasteiger partial charge on any atom is -0.495 e. The lowest BCUT2D eigenvalue weighted by Crippen LogP contribution is -2.28. The minimum absolute atomic E-state index is 0.114. The van der Waals surface area contributed by atoms with Gasteiger partial charge >= 0.3 is 5.97 Å². The minimum atomic E-state index is -1.07. The van der Waals surface area contributed by atoms with Crippen molar-refractivity contribution in [3.63, 3.8) is 0 Å². The van der Waals surface area contributed by atoms with Gasteiger partial charge in [-0.15, -0.1) is 0 Å². The number of carbonyl (C=O) groups excluding carboxylic acids is 2. The first-order valence-corrected chi connectivity index (χ1v) is 9.08. The van der Waals surface area contributed by atoms with Gasteiger partial charge in [-0.1, -0.05) is 6.07 Å². The molecule has 0 radical (unpaired) electrons. The molecule has 0 spiro atoms. The first-order valence-electron chi connectivity index (χ1n) is 9.08. The van der Waals surface area contributed by atoms with Gasteiger partial charge in [0.25, 0.3) is 0 Å². The molecule has 1 fully saturated rings. The summed E-state index contributed by atoms with van der Waals surface area (Å²) >= 11 is 0. The Morgan fingerprint density at radius 1 is 1.21 bits per heavy atom. The van der Waals surface area contributed by atoms with Gasteiger partial charge in [0.2, 0.25) is 11.8 Å². The van der Waals surface area contributed by atoms with Crippen LogP contribution in [0.5, 0.6) is 11.5 Å². The number of methoxy groups -OCH3 is 1. The summed E-state index contributed by atoms with van der Waals surface area (Å²) in [5.74, 6) is -0.974. The highest BCUT2D eigenvalue weighted by atomic mass is 16.5. The Kier molecular flexibility index (Phi) is 6.01. The standard InChI is InChI=1S/C21H22N2O6/c1-13-3-8-18(28-2)17(9-13)23-11-14(10-19(23)24)21(27)22-15-4-6-16(7-5-15)29-12-20(25)26/h3-9,14H,10-12H2,1-2H3,(H,22,27)(H,25,26). The smallest absolute Gasteiger partial charge is 0.341 e. The second-order valence-electron chi connectivity index (χ2n) is 6.78. The number of nitrogens with zero attached hydrogens (tertiary/aromatic N) is 1. The zero-order valence-electron chi connectivity index (χ0n) is 16.2. The first kappa shape index (κ1) is 20.2. The Morgan fingerprint density at radius 2 is 1.93 bits per heavy atom. The molecule has 0 bridgehead atoms. The van der Waals surface area contributed by atoms with E-state index in [1.807, 2.05) is 19.1 Å². The van der Waals surface area contributed by atoms with Crippen LogP contribution in [0.1, 0.15) is 12.0 Å². The molecule has 2 aromatic rings. The molecule has 1 unspecified atom stereocenters. The van der Waals surface area contributed by atoms with E-state index in [0.717, 1.165) is 5.56 Å². The Bertz CT molecular complexity index is 925. The Hall–Kier alpha value is -3.55. The van der Waals surface area contributed by atoms with E-state index in [2.05, 4.69) is 5.32 Å². The average molecular weight is 398 g/mol. The number of anilines is 2. The molecule has 1 saturated heterocycles. The summed E-state index contributed by atoms with van der Waals surface area (Å²) in [5.41, 5.74) is 2.19. The molecule has 152 valence electrons. The molecule has 29 heavy (non-hydrogen) atoms. The van der Waals surface area contributed by atoms with Gasteiger partial charge in [-0.3, -0.25) is 9.59 Å². The number of hydrogen-bond acceptors (Lipinski definition) is 5. The van der Waals surface area contributed by atoms with Crippen LogP contribution in [-0.4, -0.2) is 43.2 Å². The molecule has 0 aromatic heterocycles. The number of hydrogen-bond donors (Lipinski definition) is 2. The van der Waals surface area contributed by atoms with Crippen LogP contribution in [0.2, 0.25) is 0 Å². The van der Waals surface area contributed by atoms with Crippen LogP contribution in [0.25, 0.3) is 0 Å². The number of ether oxygens (including phenoxy) is 2. The highest BCUT2D eigenvalue weighted by molar-refractivity contribution is 6.04. The quantitative estimate of drug-likeness (QED) is 0.742. The fraction of sp³-hybridized carbons (Fsp3) is 0.286. The molecule has 8 heteroatoms. The molecule has 0 aliphatic carbocycles. The molecule has 1 aliphatic heterocycles. The van der Waals surface area contributed by atoms with Crippen molar-refractivity contribution in [2.75, 3.05) is 30.5 Å². The van der Waals surface area contributed by atoms with Gasteiger partial charge < -0.3 is 24.8 Å². The summed E-state index contributed by atoms with van der Waals surface area (Å²) in [6.45, 7) is 1.76. The maximum absolute atomic E-state index is 12.6. The van der Waals surface area contributed by atoms with Crippen LogP contribution in [0, 0.1) is 12.8 Å². The van der Waals surface area contributed by atoms with Gasteiger partial charge in [0.15, 0.2) is 6.61 Å². The molecule has 1 atom stereocenters. The van der Waals surface area contributed by atoms with E-state index in [1.54, 1.807) is 42.3 Å². The third-order valence-electron chi connectivity index (χ3n) is 4.61. The van der Waals surface area contributed by atoms with E-state index in [1.165, 1.54) is 0 Å². The second-order valence-corrected chi connectivity index (χ2v) is 6.78. The monoisotopic (exact) mass is 398 g/mol. The molecule has 0 saturated carbocycles. The Labute approximate surface area is 168 Å². The second kappa shape index (κ2) is 8.64. The summed E-state index contributed by atoms with van der Waals surface area (Å²) < 4.78 is 10.4. The van der Waals surface area contributed by atoms with Crippen molar-refractivity contribution < 1.29 is 29.0 Å². The fourth-order valence-corrected chi connectivity index (χ4v) is 3.15. The predicted molar refractivity (Wildman–Crippen MR) is 106 cm³/mol. The van der Waals surface area contributed by atoms with E-state index in [0.29, 0.717) is 22.9 Å². The van der Waals surface area contributed by atoms with Crippen LogP contribution >= 0.6 is 0 Å². The van der Waals surface area contributed by atoms with Gasteiger partial charge in [0.05, 0.1) is 18.7 Å². The van der Waals surface area contributed by atoms with Crippen molar-refractivity contribution in [2.45, 2.75) is 13.3 Å². The molecular formula is C21H22N2O6. The lowest BCUT2D eigenvalue weighted by Gasteiger charge is -2.20. The highest BCUT2D eigenvalue weighted by Crippen LogP contribution is 2.34. The molecule has 1 aliphatic rings. The number of rotatable bonds is 7.